The summed E-state index contributed by atoms with van der Waals surface area (Å²) in [7, 11) is 0. The Bertz CT molecular complexity index is 286. The number of hydrogen-bond donors (Lipinski definition) is 3. The van der Waals surface area contributed by atoms with Gasteiger partial charge in [-0.3, -0.25) is 4.79 Å². The lowest BCUT2D eigenvalue weighted by atomic mass is 10.2. The summed E-state index contributed by atoms with van der Waals surface area (Å²) in [4.78, 5) is 14.2. The molecule has 1 atom stereocenters. The molecule has 0 aliphatic rings. The van der Waals surface area contributed by atoms with Crippen LogP contribution in [0.15, 0.2) is 5.38 Å². The largest absolute Gasteiger partial charge is 0.480 e. The van der Waals surface area contributed by atoms with Crippen LogP contribution in [0.2, 0.25) is 0 Å². The van der Waals surface area contributed by atoms with Crippen LogP contribution in [0.1, 0.15) is 5.69 Å². The van der Waals surface area contributed by atoms with Gasteiger partial charge in [0.2, 0.25) is 0 Å². The Hall–Kier alpha value is -1.14. The van der Waals surface area contributed by atoms with Gasteiger partial charge in [0, 0.05) is 11.8 Å². The third kappa shape index (κ3) is 2.18. The van der Waals surface area contributed by atoms with Gasteiger partial charge < -0.3 is 16.6 Å². The Morgan fingerprint density at radius 3 is 2.92 bits per heavy atom. The average Bonchev–Trinajstić information content (AvgIpc) is 2.35. The molecule has 0 aliphatic carbocycles. The number of carboxylic acid groups (broad SMARTS) is 1. The van der Waals surface area contributed by atoms with Crippen LogP contribution in [-0.2, 0) is 11.2 Å². The molecule has 0 amide bonds. The van der Waals surface area contributed by atoms with Crippen LogP contribution in [0.4, 0.5) is 5.13 Å². The maximum absolute atomic E-state index is 10.3. The van der Waals surface area contributed by atoms with Crippen LogP contribution < -0.4 is 11.5 Å². The molecule has 0 fully saturated rings. The number of rotatable bonds is 3. The van der Waals surface area contributed by atoms with Gasteiger partial charge in [-0.05, 0) is 0 Å². The second-order valence-electron chi connectivity index (χ2n) is 2.33. The van der Waals surface area contributed by atoms with E-state index in [0.717, 1.165) is 0 Å². The number of nitrogen functional groups attached to an aromatic ring is 1. The van der Waals surface area contributed by atoms with Crippen LogP contribution in [-0.4, -0.2) is 22.1 Å². The van der Waals surface area contributed by atoms with E-state index in [2.05, 4.69) is 4.98 Å². The topological polar surface area (TPSA) is 102 Å². The zero-order chi connectivity index (χ0) is 9.14. The van der Waals surface area contributed by atoms with Crippen molar-refractivity contribution in [3.63, 3.8) is 0 Å². The molecule has 0 saturated carbocycles. The molecule has 0 spiro atoms. The number of thiazole rings is 1. The quantitative estimate of drug-likeness (QED) is 0.601. The van der Waals surface area contributed by atoms with Crippen LogP contribution in [0.3, 0.4) is 0 Å². The highest BCUT2D eigenvalue weighted by Crippen LogP contribution is 2.11. The fourth-order valence-corrected chi connectivity index (χ4v) is 1.30. The van der Waals surface area contributed by atoms with Gasteiger partial charge in [-0.15, -0.1) is 11.3 Å². The van der Waals surface area contributed by atoms with E-state index in [-0.39, 0.29) is 6.42 Å². The van der Waals surface area contributed by atoms with Gasteiger partial charge in [0.1, 0.15) is 6.04 Å². The van der Waals surface area contributed by atoms with Gasteiger partial charge in [0.05, 0.1) is 5.69 Å². The van der Waals surface area contributed by atoms with Gasteiger partial charge in [-0.2, -0.15) is 0 Å². The zero-order valence-corrected chi connectivity index (χ0v) is 7.04. The summed E-state index contributed by atoms with van der Waals surface area (Å²) in [6.07, 6.45) is 0.225. The Labute approximate surface area is 73.0 Å². The van der Waals surface area contributed by atoms with Crippen molar-refractivity contribution in [2.75, 3.05) is 5.73 Å². The van der Waals surface area contributed by atoms with Crippen molar-refractivity contribution in [2.24, 2.45) is 5.73 Å². The molecular weight excluding hydrogens is 178 g/mol. The number of carboxylic acids is 1. The SMILES string of the molecule is Nc1nc(C[C@H](N)C(=O)O)cs1. The van der Waals surface area contributed by atoms with Gasteiger partial charge >= 0.3 is 5.97 Å². The average molecular weight is 187 g/mol. The predicted molar refractivity (Wildman–Crippen MR) is 45.8 cm³/mol. The normalized spacial score (nSPS) is 12.8. The van der Waals surface area contributed by atoms with E-state index < -0.39 is 12.0 Å². The minimum absolute atomic E-state index is 0.225. The van der Waals surface area contributed by atoms with Gasteiger partial charge in [-0.25, -0.2) is 4.98 Å². The summed E-state index contributed by atoms with van der Waals surface area (Å²) < 4.78 is 0. The molecule has 0 bridgehead atoms. The van der Waals surface area contributed by atoms with Crippen LogP contribution in [0, 0.1) is 0 Å². The standard InChI is InChI=1S/C6H9N3O2S/c7-4(5(10)11)1-3-2-12-6(8)9-3/h2,4H,1,7H2,(H2,8,9)(H,10,11)/t4-/m0/s1. The second-order valence-corrected chi connectivity index (χ2v) is 3.22. The monoisotopic (exact) mass is 187 g/mol. The molecule has 6 heteroatoms. The Morgan fingerprint density at radius 1 is 1.83 bits per heavy atom. The first-order valence-corrected chi connectivity index (χ1v) is 4.16. The van der Waals surface area contributed by atoms with Crippen molar-refractivity contribution in [3.8, 4) is 0 Å². The third-order valence-electron chi connectivity index (χ3n) is 1.32. The maximum atomic E-state index is 10.3. The van der Waals surface area contributed by atoms with Crippen LogP contribution in [0.25, 0.3) is 0 Å². The molecule has 1 heterocycles. The lowest BCUT2D eigenvalue weighted by Crippen LogP contribution is -2.32. The third-order valence-corrected chi connectivity index (χ3v) is 2.04. The summed E-state index contributed by atoms with van der Waals surface area (Å²) in [6, 6.07) is -0.897. The van der Waals surface area contributed by atoms with Crippen molar-refractivity contribution in [1.82, 2.24) is 4.98 Å². The Balaban J connectivity index is 2.58. The summed E-state index contributed by atoms with van der Waals surface area (Å²) >= 11 is 1.28. The van der Waals surface area contributed by atoms with E-state index in [1.165, 1.54) is 11.3 Å². The number of nitrogens with zero attached hydrogens (tertiary/aromatic N) is 1. The van der Waals surface area contributed by atoms with E-state index in [1.807, 2.05) is 0 Å². The molecule has 1 aromatic rings. The van der Waals surface area contributed by atoms with Gasteiger partial charge in [0.15, 0.2) is 5.13 Å². The van der Waals surface area contributed by atoms with Crippen molar-refractivity contribution in [2.45, 2.75) is 12.5 Å². The number of carbonyl (C=O) groups is 1. The molecule has 0 unspecified atom stereocenters. The van der Waals surface area contributed by atoms with Crippen LogP contribution in [0.5, 0.6) is 0 Å². The Morgan fingerprint density at radius 2 is 2.50 bits per heavy atom. The fraction of sp³-hybridized carbons (Fsp3) is 0.333. The zero-order valence-electron chi connectivity index (χ0n) is 6.23. The number of nitrogens with two attached hydrogens (primary N) is 2. The number of hydrogen-bond acceptors (Lipinski definition) is 5. The summed E-state index contributed by atoms with van der Waals surface area (Å²) in [5.41, 5.74) is 11.3. The highest BCUT2D eigenvalue weighted by molar-refractivity contribution is 7.13. The number of aliphatic carboxylic acids is 1. The second kappa shape index (κ2) is 3.51. The molecule has 1 rings (SSSR count). The first-order chi connectivity index (χ1) is 5.59. The smallest absolute Gasteiger partial charge is 0.320 e. The highest BCUT2D eigenvalue weighted by Gasteiger charge is 2.13. The summed E-state index contributed by atoms with van der Waals surface area (Å²) in [5.74, 6) is -1.03. The molecule has 12 heavy (non-hydrogen) atoms. The van der Waals surface area contributed by atoms with E-state index in [4.69, 9.17) is 16.6 Å². The molecule has 1 aromatic heterocycles. The lowest BCUT2D eigenvalue weighted by Gasteiger charge is -2.01. The van der Waals surface area contributed by atoms with Gasteiger partial charge in [-0.1, -0.05) is 0 Å². The summed E-state index contributed by atoms with van der Waals surface area (Å²) in [6.45, 7) is 0. The van der Waals surface area contributed by atoms with E-state index in [0.29, 0.717) is 10.8 Å². The molecular formula is C6H9N3O2S. The van der Waals surface area contributed by atoms with Crippen LogP contribution >= 0.6 is 11.3 Å². The van der Waals surface area contributed by atoms with Crippen molar-refractivity contribution in [1.29, 1.82) is 0 Å². The minimum atomic E-state index is -1.03. The molecule has 0 aromatic carbocycles. The lowest BCUT2D eigenvalue weighted by molar-refractivity contribution is -0.138. The van der Waals surface area contributed by atoms with E-state index in [1.54, 1.807) is 5.38 Å². The molecule has 0 radical (unpaired) electrons. The van der Waals surface area contributed by atoms with Gasteiger partial charge in [0.25, 0.3) is 0 Å². The Kier molecular flexibility index (Phi) is 2.61. The fourth-order valence-electron chi connectivity index (χ4n) is 0.729. The minimum Gasteiger partial charge on any atom is -0.480 e. The number of aromatic nitrogens is 1. The summed E-state index contributed by atoms with van der Waals surface area (Å²) in [5, 5.41) is 10.6. The molecule has 66 valence electrons. The van der Waals surface area contributed by atoms with E-state index in [9.17, 15) is 4.79 Å². The molecule has 5 N–H and O–H groups in total. The predicted octanol–water partition coefficient (Wildman–Crippen LogP) is -0.320. The first-order valence-electron chi connectivity index (χ1n) is 3.28. The molecule has 0 aliphatic heterocycles. The number of anilines is 1. The maximum Gasteiger partial charge on any atom is 0.320 e. The first kappa shape index (κ1) is 8.95. The highest BCUT2D eigenvalue weighted by atomic mass is 32.1. The van der Waals surface area contributed by atoms with Crippen molar-refractivity contribution >= 4 is 22.4 Å². The van der Waals surface area contributed by atoms with Crippen molar-refractivity contribution in [3.05, 3.63) is 11.1 Å². The van der Waals surface area contributed by atoms with E-state index >= 15 is 0 Å². The molecule has 0 saturated heterocycles. The molecule has 5 nitrogen and oxygen atoms in total. The van der Waals surface area contributed by atoms with Crippen molar-refractivity contribution < 1.29 is 9.90 Å².